The molecule has 0 bridgehead atoms. The molecule has 0 aromatic rings. The molecule has 13 heavy (non-hydrogen) atoms. The monoisotopic (exact) mass is 180 g/mol. The normalized spacial score (nSPS) is 37.6. The molecule has 72 valence electrons. The van der Waals surface area contributed by atoms with Gasteiger partial charge in [0.2, 0.25) is 0 Å². The Labute approximate surface area is 79.0 Å². The van der Waals surface area contributed by atoms with Gasteiger partial charge in [-0.3, -0.25) is 4.79 Å². The molecule has 2 heteroatoms. The molecule has 2 saturated carbocycles. The number of hydrogen-bond donors (Lipinski definition) is 0. The van der Waals surface area contributed by atoms with Gasteiger partial charge in [-0.1, -0.05) is 18.6 Å². The van der Waals surface area contributed by atoms with E-state index in [0.29, 0.717) is 11.8 Å². The first-order chi connectivity index (χ1) is 6.24. The molecule has 0 saturated heterocycles. The molecular formula is C11H16O2. The van der Waals surface area contributed by atoms with Crippen molar-refractivity contribution < 1.29 is 9.53 Å². The van der Waals surface area contributed by atoms with Crippen molar-refractivity contribution in [2.75, 3.05) is 7.11 Å². The highest BCUT2D eigenvalue weighted by Crippen LogP contribution is 2.50. The molecular weight excluding hydrogens is 164 g/mol. The van der Waals surface area contributed by atoms with Crippen molar-refractivity contribution in [3.05, 3.63) is 12.2 Å². The van der Waals surface area contributed by atoms with Crippen LogP contribution in [-0.2, 0) is 9.53 Å². The van der Waals surface area contributed by atoms with E-state index in [1.165, 1.54) is 31.9 Å². The van der Waals surface area contributed by atoms with Crippen LogP contribution in [0.15, 0.2) is 12.2 Å². The SMILES string of the molecule is C=C1CC(C(=O)OC)C2CCCC12. The van der Waals surface area contributed by atoms with Gasteiger partial charge in [-0.25, -0.2) is 0 Å². The summed E-state index contributed by atoms with van der Waals surface area (Å²) in [6.45, 7) is 4.06. The fourth-order valence-electron chi connectivity index (χ4n) is 2.97. The van der Waals surface area contributed by atoms with E-state index in [1.54, 1.807) is 0 Å². The van der Waals surface area contributed by atoms with E-state index in [9.17, 15) is 4.79 Å². The zero-order chi connectivity index (χ0) is 9.42. The molecule has 0 aliphatic heterocycles. The van der Waals surface area contributed by atoms with Gasteiger partial charge in [0.15, 0.2) is 0 Å². The van der Waals surface area contributed by atoms with E-state index in [4.69, 9.17) is 4.74 Å². The van der Waals surface area contributed by atoms with Crippen LogP contribution in [0.3, 0.4) is 0 Å². The number of esters is 1. The van der Waals surface area contributed by atoms with E-state index in [2.05, 4.69) is 6.58 Å². The molecule has 0 radical (unpaired) electrons. The maximum absolute atomic E-state index is 11.4. The first-order valence-electron chi connectivity index (χ1n) is 4.99. The minimum atomic E-state index is -0.0319. The number of ether oxygens (including phenoxy) is 1. The third-order valence-electron chi connectivity index (χ3n) is 3.60. The average Bonchev–Trinajstić information content (AvgIpc) is 2.68. The van der Waals surface area contributed by atoms with Crippen molar-refractivity contribution in [1.29, 1.82) is 0 Å². The van der Waals surface area contributed by atoms with Crippen LogP contribution in [0, 0.1) is 17.8 Å². The van der Waals surface area contributed by atoms with Crippen molar-refractivity contribution in [1.82, 2.24) is 0 Å². The van der Waals surface area contributed by atoms with Crippen LogP contribution in [0.1, 0.15) is 25.7 Å². The quantitative estimate of drug-likeness (QED) is 0.456. The number of methoxy groups -OCH3 is 1. The van der Waals surface area contributed by atoms with Crippen LogP contribution >= 0.6 is 0 Å². The summed E-state index contributed by atoms with van der Waals surface area (Å²) in [5.41, 5.74) is 1.28. The van der Waals surface area contributed by atoms with Gasteiger partial charge in [0, 0.05) is 0 Å². The fourth-order valence-corrected chi connectivity index (χ4v) is 2.97. The number of carbonyl (C=O) groups is 1. The molecule has 2 rings (SSSR count). The Morgan fingerprint density at radius 3 is 3.00 bits per heavy atom. The molecule has 0 amide bonds. The first kappa shape index (κ1) is 8.79. The summed E-state index contributed by atoms with van der Waals surface area (Å²) < 4.78 is 4.81. The summed E-state index contributed by atoms with van der Waals surface area (Å²) in [4.78, 5) is 11.4. The summed E-state index contributed by atoms with van der Waals surface area (Å²) in [6, 6.07) is 0. The Bertz CT molecular complexity index is 244. The van der Waals surface area contributed by atoms with E-state index in [0.717, 1.165) is 6.42 Å². The second-order valence-corrected chi connectivity index (χ2v) is 4.19. The molecule has 2 aliphatic carbocycles. The maximum Gasteiger partial charge on any atom is 0.309 e. The van der Waals surface area contributed by atoms with E-state index < -0.39 is 0 Å². The smallest absolute Gasteiger partial charge is 0.309 e. The third kappa shape index (κ3) is 1.28. The summed E-state index contributed by atoms with van der Waals surface area (Å²) in [6.07, 6.45) is 4.53. The van der Waals surface area contributed by atoms with Crippen LogP contribution < -0.4 is 0 Å². The van der Waals surface area contributed by atoms with Crippen molar-refractivity contribution in [2.45, 2.75) is 25.7 Å². The highest BCUT2D eigenvalue weighted by Gasteiger charge is 2.45. The van der Waals surface area contributed by atoms with Gasteiger partial charge in [0.05, 0.1) is 13.0 Å². The predicted molar refractivity (Wildman–Crippen MR) is 50.1 cm³/mol. The lowest BCUT2D eigenvalue weighted by Gasteiger charge is -2.14. The highest BCUT2D eigenvalue weighted by molar-refractivity contribution is 5.74. The largest absolute Gasteiger partial charge is 0.469 e. The minimum Gasteiger partial charge on any atom is -0.469 e. The highest BCUT2D eigenvalue weighted by atomic mass is 16.5. The van der Waals surface area contributed by atoms with E-state index in [1.807, 2.05) is 0 Å². The number of hydrogen-bond acceptors (Lipinski definition) is 2. The topological polar surface area (TPSA) is 26.3 Å². The van der Waals surface area contributed by atoms with Crippen molar-refractivity contribution in [3.63, 3.8) is 0 Å². The van der Waals surface area contributed by atoms with Crippen molar-refractivity contribution in [3.8, 4) is 0 Å². The molecule has 0 heterocycles. The van der Waals surface area contributed by atoms with Crippen LogP contribution in [0.25, 0.3) is 0 Å². The number of rotatable bonds is 1. The minimum absolute atomic E-state index is 0.0319. The lowest BCUT2D eigenvalue weighted by Crippen LogP contribution is -2.20. The van der Waals surface area contributed by atoms with Crippen LogP contribution in [0.2, 0.25) is 0 Å². The molecule has 3 atom stereocenters. The Hall–Kier alpha value is -0.790. The molecule has 0 aromatic heterocycles. The van der Waals surface area contributed by atoms with Gasteiger partial charge in [0.1, 0.15) is 0 Å². The summed E-state index contributed by atoms with van der Waals surface area (Å²) in [7, 11) is 1.48. The number of fused-ring (bicyclic) bond motifs is 1. The summed E-state index contributed by atoms with van der Waals surface area (Å²) in [5.74, 6) is 1.24. The maximum atomic E-state index is 11.4. The molecule has 2 nitrogen and oxygen atoms in total. The Balaban J connectivity index is 2.14. The fraction of sp³-hybridized carbons (Fsp3) is 0.727. The molecule has 3 unspecified atom stereocenters. The zero-order valence-electron chi connectivity index (χ0n) is 8.08. The first-order valence-corrected chi connectivity index (χ1v) is 4.99. The third-order valence-corrected chi connectivity index (χ3v) is 3.60. The van der Waals surface area contributed by atoms with E-state index >= 15 is 0 Å². The van der Waals surface area contributed by atoms with Gasteiger partial charge in [-0.2, -0.15) is 0 Å². The van der Waals surface area contributed by atoms with Gasteiger partial charge < -0.3 is 4.74 Å². The summed E-state index contributed by atoms with van der Waals surface area (Å²) >= 11 is 0. The van der Waals surface area contributed by atoms with Crippen LogP contribution in [-0.4, -0.2) is 13.1 Å². The lowest BCUT2D eigenvalue weighted by molar-refractivity contribution is -0.146. The molecule has 2 aliphatic rings. The number of allylic oxidation sites excluding steroid dienone is 1. The average molecular weight is 180 g/mol. The number of carbonyl (C=O) groups excluding carboxylic acids is 1. The summed E-state index contributed by atoms with van der Waals surface area (Å²) in [5, 5.41) is 0. The Morgan fingerprint density at radius 2 is 2.31 bits per heavy atom. The standard InChI is InChI=1S/C11H16O2/c1-7-6-10(11(12)13-2)9-5-3-4-8(7)9/h8-10H,1,3-6H2,2H3. The molecule has 2 fully saturated rings. The van der Waals surface area contributed by atoms with Gasteiger partial charge in [0.25, 0.3) is 0 Å². The zero-order valence-corrected chi connectivity index (χ0v) is 8.08. The van der Waals surface area contributed by atoms with E-state index in [-0.39, 0.29) is 11.9 Å². The van der Waals surface area contributed by atoms with Gasteiger partial charge >= 0.3 is 5.97 Å². The van der Waals surface area contributed by atoms with Gasteiger partial charge in [-0.15, -0.1) is 0 Å². The van der Waals surface area contributed by atoms with Gasteiger partial charge in [-0.05, 0) is 31.1 Å². The molecule has 0 N–H and O–H groups in total. The van der Waals surface area contributed by atoms with Crippen molar-refractivity contribution in [2.24, 2.45) is 17.8 Å². The van der Waals surface area contributed by atoms with Crippen molar-refractivity contribution >= 4 is 5.97 Å². The Kier molecular flexibility index (Phi) is 2.14. The molecule has 0 spiro atoms. The van der Waals surface area contributed by atoms with Crippen LogP contribution in [0.5, 0.6) is 0 Å². The van der Waals surface area contributed by atoms with Crippen LogP contribution in [0.4, 0.5) is 0 Å². The second-order valence-electron chi connectivity index (χ2n) is 4.19. The second kappa shape index (κ2) is 3.17. The Morgan fingerprint density at radius 1 is 1.54 bits per heavy atom. The lowest BCUT2D eigenvalue weighted by atomic mass is 9.92. The predicted octanol–water partition coefficient (Wildman–Crippen LogP) is 2.15. The molecule has 0 aromatic carbocycles.